The zero-order valence-electron chi connectivity index (χ0n) is 22.3. The van der Waals surface area contributed by atoms with Crippen molar-refractivity contribution >= 4 is 16.9 Å². The summed E-state index contributed by atoms with van der Waals surface area (Å²) in [5, 5.41) is 11.0. The molecule has 0 aromatic heterocycles. The molecule has 3 aromatic rings. The Morgan fingerprint density at radius 1 is 0.816 bits per heavy atom. The number of ether oxygens (including phenoxy) is 2. The Morgan fingerprint density at radius 3 is 1.82 bits per heavy atom. The average molecular weight is 530 g/mol. The molecule has 0 amide bonds. The van der Waals surface area contributed by atoms with Crippen LogP contribution >= 0.6 is 0 Å². The fourth-order valence-electron chi connectivity index (χ4n) is 7.42. The molecule has 38 heavy (non-hydrogen) atoms. The summed E-state index contributed by atoms with van der Waals surface area (Å²) in [5.74, 6) is 1.49. The zero-order chi connectivity index (χ0) is 26.3. The maximum Gasteiger partial charge on any atom is 0.344 e. The summed E-state index contributed by atoms with van der Waals surface area (Å²) >= 11 is 0. The van der Waals surface area contributed by atoms with Crippen molar-refractivity contribution < 1.29 is 19.4 Å². The normalized spacial score (nSPS) is 27.5. The van der Waals surface area contributed by atoms with Crippen LogP contribution in [0.1, 0.15) is 49.7 Å². The molecule has 4 saturated carbocycles. The van der Waals surface area contributed by atoms with Gasteiger partial charge in [-0.15, -0.1) is 0 Å². The van der Waals surface area contributed by atoms with Gasteiger partial charge in [0.15, 0.2) is 21.3 Å². The maximum atomic E-state index is 12.6. The smallest absolute Gasteiger partial charge is 0.344 e. The molecule has 7 rings (SSSR count). The third-order valence-corrected chi connectivity index (χ3v) is 10.9. The Hall–Kier alpha value is -2.76. The van der Waals surface area contributed by atoms with Gasteiger partial charge in [-0.05, 0) is 113 Å². The summed E-state index contributed by atoms with van der Waals surface area (Å²) in [7, 11) is -0.232. The molecule has 198 valence electrons. The summed E-state index contributed by atoms with van der Waals surface area (Å²) in [4.78, 5) is 16.3. The van der Waals surface area contributed by atoms with Crippen molar-refractivity contribution in [2.45, 2.75) is 72.7 Å². The fraction of sp³-hybridized carbons (Fsp3) is 0.424. The molecule has 0 aliphatic heterocycles. The number of benzene rings is 3. The first-order chi connectivity index (χ1) is 18.3. The van der Waals surface area contributed by atoms with Crippen LogP contribution in [0.5, 0.6) is 5.75 Å². The monoisotopic (exact) mass is 529 g/mol. The number of carbonyl (C=O) groups is 1. The number of hydrogen-bond donors (Lipinski definition) is 1. The highest BCUT2D eigenvalue weighted by Crippen LogP contribution is 2.61. The topological polar surface area (TPSA) is 55.8 Å². The van der Waals surface area contributed by atoms with Gasteiger partial charge in [0.1, 0.15) is 5.75 Å². The SMILES string of the molecule is Cc1ccc([S+](c2ccc(C)cc2)c2ccc(OCC(=O)OCC34CC5CC(CC(O)(C5)C3)C4)cc2)cc1. The van der Waals surface area contributed by atoms with Gasteiger partial charge in [-0.3, -0.25) is 0 Å². The number of esters is 1. The van der Waals surface area contributed by atoms with E-state index in [1.807, 2.05) is 12.1 Å². The Kier molecular flexibility index (Phi) is 6.77. The average Bonchev–Trinajstić information content (AvgIpc) is 2.88. The third kappa shape index (κ3) is 5.37. The van der Waals surface area contributed by atoms with Crippen molar-refractivity contribution in [3.05, 3.63) is 83.9 Å². The van der Waals surface area contributed by atoms with E-state index < -0.39 is 5.60 Å². The van der Waals surface area contributed by atoms with Crippen molar-refractivity contribution in [3.8, 4) is 5.75 Å². The minimum atomic E-state index is -0.537. The Labute approximate surface area is 228 Å². The molecule has 1 N–H and O–H groups in total. The molecule has 0 heterocycles. The molecule has 4 aliphatic carbocycles. The first-order valence-corrected chi connectivity index (χ1v) is 15.0. The van der Waals surface area contributed by atoms with Crippen LogP contribution in [0.15, 0.2) is 87.5 Å². The van der Waals surface area contributed by atoms with Crippen LogP contribution < -0.4 is 4.74 Å². The lowest BCUT2D eigenvalue weighted by Gasteiger charge is -2.59. The molecule has 4 fully saturated rings. The molecular weight excluding hydrogens is 492 g/mol. The van der Waals surface area contributed by atoms with Crippen LogP contribution in [0.3, 0.4) is 0 Å². The highest BCUT2D eigenvalue weighted by molar-refractivity contribution is 7.97. The molecule has 2 unspecified atom stereocenters. The van der Waals surface area contributed by atoms with Crippen molar-refractivity contribution in [2.24, 2.45) is 17.3 Å². The Morgan fingerprint density at radius 2 is 1.32 bits per heavy atom. The number of aryl methyl sites for hydroxylation is 2. The first-order valence-electron chi connectivity index (χ1n) is 13.8. The van der Waals surface area contributed by atoms with E-state index in [0.717, 1.165) is 32.1 Å². The molecule has 3 aromatic carbocycles. The zero-order valence-corrected chi connectivity index (χ0v) is 23.1. The van der Waals surface area contributed by atoms with E-state index in [4.69, 9.17) is 9.47 Å². The van der Waals surface area contributed by atoms with Crippen LogP contribution in [-0.4, -0.2) is 29.9 Å². The van der Waals surface area contributed by atoms with Gasteiger partial charge < -0.3 is 14.6 Å². The molecular formula is C33H37O4S+. The predicted octanol–water partition coefficient (Wildman–Crippen LogP) is 6.65. The van der Waals surface area contributed by atoms with E-state index in [9.17, 15) is 9.90 Å². The second-order valence-corrected chi connectivity index (χ2v) is 14.1. The van der Waals surface area contributed by atoms with Gasteiger partial charge in [-0.1, -0.05) is 35.4 Å². The lowest BCUT2D eigenvalue weighted by molar-refractivity contribution is -0.187. The van der Waals surface area contributed by atoms with E-state index in [2.05, 4.69) is 74.5 Å². The maximum absolute atomic E-state index is 12.6. The molecule has 0 saturated heterocycles. The van der Waals surface area contributed by atoms with Crippen molar-refractivity contribution in [1.82, 2.24) is 0 Å². The van der Waals surface area contributed by atoms with Gasteiger partial charge in [0.05, 0.1) is 23.1 Å². The summed E-state index contributed by atoms with van der Waals surface area (Å²) in [5.41, 5.74) is 1.91. The second kappa shape index (κ2) is 10.1. The standard InChI is InChI=1S/C33H37O4S/c1-23-3-9-28(10-4-23)38(29-11-5-24(2)6-12-29)30-13-7-27(8-14-30)36-20-31(34)37-22-32-16-25-15-26(17-32)19-33(35,18-25)21-32/h3-14,25-26,35H,15-22H2,1-2H3/q+1. The van der Waals surface area contributed by atoms with Crippen LogP contribution in [0.4, 0.5) is 0 Å². The molecule has 4 nitrogen and oxygen atoms in total. The van der Waals surface area contributed by atoms with Crippen LogP contribution in [-0.2, 0) is 20.4 Å². The van der Waals surface area contributed by atoms with E-state index in [1.54, 1.807) is 0 Å². The predicted molar refractivity (Wildman–Crippen MR) is 149 cm³/mol. The van der Waals surface area contributed by atoms with Gasteiger partial charge in [-0.25, -0.2) is 4.79 Å². The number of carbonyl (C=O) groups excluding carboxylic acids is 1. The molecule has 4 bridgehead atoms. The van der Waals surface area contributed by atoms with E-state index >= 15 is 0 Å². The minimum absolute atomic E-state index is 0.0436. The van der Waals surface area contributed by atoms with Crippen LogP contribution in [0, 0.1) is 31.1 Å². The summed E-state index contributed by atoms with van der Waals surface area (Å²) in [6, 6.07) is 25.6. The number of rotatable bonds is 8. The van der Waals surface area contributed by atoms with Gasteiger partial charge in [0, 0.05) is 5.41 Å². The van der Waals surface area contributed by atoms with Crippen LogP contribution in [0.2, 0.25) is 0 Å². The second-order valence-electron chi connectivity index (χ2n) is 12.0. The molecule has 2 atom stereocenters. The lowest BCUT2D eigenvalue weighted by atomic mass is 9.48. The van der Waals surface area contributed by atoms with E-state index in [-0.39, 0.29) is 28.9 Å². The molecule has 0 spiro atoms. The third-order valence-electron chi connectivity index (χ3n) is 8.62. The summed E-state index contributed by atoms with van der Waals surface area (Å²) < 4.78 is 11.5. The highest BCUT2D eigenvalue weighted by Gasteiger charge is 2.57. The van der Waals surface area contributed by atoms with E-state index in [0.29, 0.717) is 24.2 Å². The number of aliphatic hydroxyl groups is 1. The molecule has 5 heteroatoms. The van der Waals surface area contributed by atoms with Crippen LogP contribution in [0.25, 0.3) is 0 Å². The van der Waals surface area contributed by atoms with Crippen molar-refractivity contribution in [3.63, 3.8) is 0 Å². The van der Waals surface area contributed by atoms with Gasteiger partial charge in [0.25, 0.3) is 0 Å². The summed E-state index contributed by atoms with van der Waals surface area (Å²) in [6.45, 7) is 4.52. The van der Waals surface area contributed by atoms with Gasteiger partial charge >= 0.3 is 5.97 Å². The van der Waals surface area contributed by atoms with E-state index in [1.165, 1.54) is 32.2 Å². The quantitative estimate of drug-likeness (QED) is 0.262. The number of hydrogen-bond acceptors (Lipinski definition) is 4. The van der Waals surface area contributed by atoms with Gasteiger partial charge in [-0.2, -0.15) is 0 Å². The molecule has 0 radical (unpaired) electrons. The van der Waals surface area contributed by atoms with Crippen molar-refractivity contribution in [1.29, 1.82) is 0 Å². The molecule has 4 aliphatic rings. The fourth-order valence-corrected chi connectivity index (χ4v) is 9.46. The summed E-state index contributed by atoms with van der Waals surface area (Å²) in [6.07, 6.45) is 6.00. The Bertz CT molecular complexity index is 1220. The Balaban J connectivity index is 1.09. The van der Waals surface area contributed by atoms with Crippen molar-refractivity contribution in [2.75, 3.05) is 13.2 Å². The van der Waals surface area contributed by atoms with Gasteiger partial charge in [0.2, 0.25) is 0 Å². The first kappa shape index (κ1) is 25.5. The minimum Gasteiger partial charge on any atom is -0.482 e. The highest BCUT2D eigenvalue weighted by atomic mass is 32.2. The lowest BCUT2D eigenvalue weighted by Crippen LogP contribution is -2.57. The largest absolute Gasteiger partial charge is 0.482 e.